The first-order valence-corrected chi connectivity index (χ1v) is 13.7. The molecule has 0 radical (unpaired) electrons. The Labute approximate surface area is 215 Å². The summed E-state index contributed by atoms with van der Waals surface area (Å²) in [5.41, 5.74) is 6.78. The molecule has 0 fully saturated rings. The van der Waals surface area contributed by atoms with Gasteiger partial charge >= 0.3 is 0 Å². The maximum Gasteiger partial charge on any atom is 0.0923 e. The first-order chi connectivity index (χ1) is 16.7. The van der Waals surface area contributed by atoms with Gasteiger partial charge in [-0.25, -0.2) is 0 Å². The van der Waals surface area contributed by atoms with E-state index in [0.717, 1.165) is 64.2 Å². The van der Waals surface area contributed by atoms with Gasteiger partial charge in [-0.05, 0) is 69.1 Å². The van der Waals surface area contributed by atoms with Crippen LogP contribution in [0.3, 0.4) is 0 Å². The van der Waals surface area contributed by atoms with E-state index in [4.69, 9.17) is 23.2 Å². The second-order valence-electron chi connectivity index (χ2n) is 7.94. The van der Waals surface area contributed by atoms with E-state index >= 15 is 0 Å². The molecule has 2 nitrogen and oxygen atoms in total. The Bertz CT molecular complexity index is 1500. The zero-order chi connectivity index (χ0) is 23.1. The van der Waals surface area contributed by atoms with Crippen LogP contribution in [0, 0.1) is 0 Å². The SMILES string of the molecule is Clc1ccc2[nH]c(SSc3[nH]c4ccc(Cl)cc4c3-c3ccccc3)c(-c3ccccc3)c2c1. The highest BCUT2D eigenvalue weighted by Gasteiger charge is 2.19. The lowest BCUT2D eigenvalue weighted by atomic mass is 10.1. The fourth-order valence-electron chi connectivity index (χ4n) is 4.27. The van der Waals surface area contributed by atoms with Crippen LogP contribution >= 0.6 is 44.8 Å². The van der Waals surface area contributed by atoms with Gasteiger partial charge in [-0.3, -0.25) is 0 Å². The Morgan fingerprint density at radius 3 is 1.32 bits per heavy atom. The number of fused-ring (bicyclic) bond motifs is 2. The van der Waals surface area contributed by atoms with Gasteiger partial charge in [0.2, 0.25) is 0 Å². The van der Waals surface area contributed by atoms with E-state index in [-0.39, 0.29) is 0 Å². The van der Waals surface area contributed by atoms with Gasteiger partial charge < -0.3 is 9.97 Å². The molecule has 2 aromatic heterocycles. The zero-order valence-corrected chi connectivity index (χ0v) is 21.0. The molecule has 4 aromatic carbocycles. The molecule has 34 heavy (non-hydrogen) atoms. The summed E-state index contributed by atoms with van der Waals surface area (Å²) in [5.74, 6) is 0. The minimum absolute atomic E-state index is 0.728. The minimum Gasteiger partial charge on any atom is -0.349 e. The third kappa shape index (κ3) is 4.01. The molecule has 6 rings (SSSR count). The maximum atomic E-state index is 6.37. The second kappa shape index (κ2) is 9.12. The molecule has 0 aliphatic heterocycles. The van der Waals surface area contributed by atoms with Gasteiger partial charge in [0.15, 0.2) is 0 Å². The van der Waals surface area contributed by atoms with Crippen LogP contribution in [-0.2, 0) is 0 Å². The fraction of sp³-hybridized carbons (Fsp3) is 0. The number of nitrogens with one attached hydrogen (secondary N) is 2. The third-order valence-corrected chi connectivity index (χ3v) is 8.53. The number of benzene rings is 4. The largest absolute Gasteiger partial charge is 0.349 e. The normalized spacial score (nSPS) is 11.5. The van der Waals surface area contributed by atoms with Crippen LogP contribution in [0.4, 0.5) is 0 Å². The predicted molar refractivity (Wildman–Crippen MR) is 149 cm³/mol. The van der Waals surface area contributed by atoms with E-state index in [1.165, 1.54) is 0 Å². The van der Waals surface area contributed by atoms with Crippen molar-refractivity contribution >= 4 is 66.6 Å². The number of aromatic amines is 2. The first kappa shape index (κ1) is 21.8. The molecule has 0 saturated carbocycles. The smallest absolute Gasteiger partial charge is 0.0923 e. The lowest BCUT2D eigenvalue weighted by Crippen LogP contribution is -1.80. The molecule has 0 saturated heterocycles. The summed E-state index contributed by atoms with van der Waals surface area (Å²) in [6.45, 7) is 0. The summed E-state index contributed by atoms with van der Waals surface area (Å²) < 4.78 is 0. The van der Waals surface area contributed by atoms with Crippen molar-refractivity contribution in [3.8, 4) is 22.3 Å². The monoisotopic (exact) mass is 516 g/mol. The average molecular weight is 518 g/mol. The van der Waals surface area contributed by atoms with E-state index in [2.05, 4.69) is 58.5 Å². The molecule has 6 heteroatoms. The molecule has 0 unspecified atom stereocenters. The first-order valence-electron chi connectivity index (χ1n) is 10.8. The standard InChI is InChI=1S/C28H18Cl2N2S2/c29-19-11-13-23-21(15-19)25(17-7-3-1-4-8-17)27(31-23)33-34-28-26(18-9-5-2-6-10-18)22-16-20(30)12-14-24(22)32-28/h1-16,31-32H. The number of halogens is 2. The Balaban J connectivity index is 1.46. The molecule has 0 aliphatic carbocycles. The topological polar surface area (TPSA) is 31.6 Å². The second-order valence-corrected chi connectivity index (χ2v) is 11.0. The minimum atomic E-state index is 0.728. The highest BCUT2D eigenvalue weighted by Crippen LogP contribution is 2.49. The number of aromatic nitrogens is 2. The highest BCUT2D eigenvalue weighted by atomic mass is 35.5. The highest BCUT2D eigenvalue weighted by molar-refractivity contribution is 8.76. The van der Waals surface area contributed by atoms with E-state index < -0.39 is 0 Å². The van der Waals surface area contributed by atoms with Crippen LogP contribution in [0.25, 0.3) is 44.1 Å². The van der Waals surface area contributed by atoms with Crippen molar-refractivity contribution in [2.24, 2.45) is 0 Å². The molecular weight excluding hydrogens is 499 g/mol. The summed E-state index contributed by atoms with van der Waals surface area (Å²) in [7, 11) is 3.42. The third-order valence-electron chi connectivity index (χ3n) is 5.79. The molecule has 2 heterocycles. The van der Waals surface area contributed by atoms with Gasteiger partial charge in [-0.2, -0.15) is 0 Å². The summed E-state index contributed by atoms with van der Waals surface area (Å²) in [4.78, 5) is 7.22. The molecule has 166 valence electrons. The lowest BCUT2D eigenvalue weighted by molar-refractivity contribution is 1.24. The summed E-state index contributed by atoms with van der Waals surface area (Å²) in [6.07, 6.45) is 0. The van der Waals surface area contributed by atoms with Crippen LogP contribution < -0.4 is 0 Å². The summed E-state index contributed by atoms with van der Waals surface area (Å²) in [5, 5.41) is 5.87. The van der Waals surface area contributed by atoms with Gasteiger partial charge in [-0.15, -0.1) is 0 Å². The van der Waals surface area contributed by atoms with E-state index in [1.807, 2.05) is 48.5 Å². The number of hydrogen-bond acceptors (Lipinski definition) is 2. The van der Waals surface area contributed by atoms with Gasteiger partial charge in [-0.1, -0.05) is 83.9 Å². The molecule has 0 amide bonds. The fourth-order valence-corrected chi connectivity index (χ4v) is 6.96. The Hall–Kier alpha value is -2.76. The van der Waals surface area contributed by atoms with Crippen molar-refractivity contribution in [3.63, 3.8) is 0 Å². The van der Waals surface area contributed by atoms with Gasteiger partial charge in [0, 0.05) is 43.0 Å². The molecule has 6 aromatic rings. The number of H-pyrrole nitrogens is 2. The zero-order valence-electron chi connectivity index (χ0n) is 17.8. The van der Waals surface area contributed by atoms with Crippen molar-refractivity contribution in [1.29, 1.82) is 0 Å². The molecule has 2 N–H and O–H groups in total. The number of hydrogen-bond donors (Lipinski definition) is 2. The Morgan fingerprint density at radius 2 is 0.912 bits per heavy atom. The Kier molecular flexibility index (Phi) is 5.84. The number of rotatable bonds is 5. The average Bonchev–Trinajstić information content (AvgIpc) is 3.40. The predicted octanol–water partition coefficient (Wildman–Crippen LogP) is 10.1. The molecular formula is C28H18Cl2N2S2. The molecule has 0 spiro atoms. The quantitative estimate of drug-likeness (QED) is 0.223. The van der Waals surface area contributed by atoms with Gasteiger partial charge in [0.05, 0.1) is 10.1 Å². The van der Waals surface area contributed by atoms with Crippen molar-refractivity contribution in [3.05, 3.63) is 107 Å². The van der Waals surface area contributed by atoms with E-state index in [1.54, 1.807) is 21.6 Å². The summed E-state index contributed by atoms with van der Waals surface area (Å²) in [6, 6.07) is 32.9. The molecule has 0 bridgehead atoms. The Morgan fingerprint density at radius 1 is 0.500 bits per heavy atom. The van der Waals surface area contributed by atoms with Crippen LogP contribution in [0.1, 0.15) is 0 Å². The lowest BCUT2D eigenvalue weighted by Gasteiger charge is -2.07. The molecule has 0 aliphatic rings. The van der Waals surface area contributed by atoms with Gasteiger partial charge in [0.1, 0.15) is 0 Å². The van der Waals surface area contributed by atoms with Crippen molar-refractivity contribution < 1.29 is 0 Å². The van der Waals surface area contributed by atoms with Gasteiger partial charge in [0.25, 0.3) is 0 Å². The maximum absolute atomic E-state index is 6.37. The van der Waals surface area contributed by atoms with Crippen LogP contribution in [0.15, 0.2) is 107 Å². The van der Waals surface area contributed by atoms with Crippen molar-refractivity contribution in [2.45, 2.75) is 10.1 Å². The molecule has 0 atom stereocenters. The van der Waals surface area contributed by atoms with Crippen molar-refractivity contribution in [2.75, 3.05) is 0 Å². The van der Waals surface area contributed by atoms with Crippen molar-refractivity contribution in [1.82, 2.24) is 9.97 Å². The van der Waals surface area contributed by atoms with E-state index in [9.17, 15) is 0 Å². The van der Waals surface area contributed by atoms with Crippen LogP contribution in [0.5, 0.6) is 0 Å². The van der Waals surface area contributed by atoms with Crippen LogP contribution in [-0.4, -0.2) is 9.97 Å². The van der Waals surface area contributed by atoms with E-state index in [0.29, 0.717) is 0 Å². The summed E-state index contributed by atoms with van der Waals surface area (Å²) >= 11 is 12.7. The van der Waals surface area contributed by atoms with Crippen LogP contribution in [0.2, 0.25) is 10.0 Å².